The molecule has 8 nitrogen and oxygen atoms in total. The lowest BCUT2D eigenvalue weighted by Gasteiger charge is -2.06. The Morgan fingerprint density at radius 2 is 1.90 bits per heavy atom. The minimum absolute atomic E-state index is 0.331. The Morgan fingerprint density at radius 1 is 1.10 bits per heavy atom. The molecule has 0 aliphatic rings. The number of fused-ring (bicyclic) bond motifs is 1. The second kappa shape index (κ2) is 8.83. The molecule has 0 bridgehead atoms. The molecule has 0 aliphatic carbocycles. The van der Waals surface area contributed by atoms with Gasteiger partial charge in [-0.25, -0.2) is 9.78 Å². The Labute approximate surface area is 175 Å². The highest BCUT2D eigenvalue weighted by Crippen LogP contribution is 2.21. The van der Waals surface area contributed by atoms with Gasteiger partial charge in [-0.1, -0.05) is 17.3 Å². The van der Waals surface area contributed by atoms with Crippen LogP contribution in [0.5, 0.6) is 0 Å². The van der Waals surface area contributed by atoms with Gasteiger partial charge < -0.3 is 14.6 Å². The predicted octanol–water partition coefficient (Wildman–Crippen LogP) is 3.17. The molecule has 0 radical (unpaired) electrons. The number of para-hydroxylation sites is 1. The van der Waals surface area contributed by atoms with E-state index in [0.717, 1.165) is 15.2 Å². The number of nitrogens with one attached hydrogen (secondary N) is 1. The summed E-state index contributed by atoms with van der Waals surface area (Å²) in [4.78, 5) is 32.7. The van der Waals surface area contributed by atoms with Gasteiger partial charge in [0.05, 0.1) is 20.8 Å². The lowest BCUT2D eigenvalue weighted by atomic mass is 10.1. The molecule has 0 saturated carbocycles. The van der Waals surface area contributed by atoms with E-state index in [1.54, 1.807) is 42.5 Å². The minimum Gasteiger partial charge on any atom is -0.452 e. The second-order valence-corrected chi connectivity index (χ2v) is 7.59. The normalized spacial score (nSPS) is 10.8. The molecule has 0 saturated heterocycles. The number of aromatic nitrogens is 3. The van der Waals surface area contributed by atoms with Crippen molar-refractivity contribution in [1.82, 2.24) is 20.4 Å². The number of amides is 1. The molecule has 0 unspecified atom stereocenters. The van der Waals surface area contributed by atoms with Crippen LogP contribution in [0.2, 0.25) is 0 Å². The van der Waals surface area contributed by atoms with Gasteiger partial charge in [-0.05, 0) is 43.3 Å². The zero-order valence-electron chi connectivity index (χ0n) is 16.1. The van der Waals surface area contributed by atoms with Crippen molar-refractivity contribution in [3.05, 3.63) is 64.9 Å². The lowest BCUT2D eigenvalue weighted by Crippen LogP contribution is -2.30. The van der Waals surface area contributed by atoms with Gasteiger partial charge in [0.15, 0.2) is 12.4 Å². The van der Waals surface area contributed by atoms with Crippen molar-refractivity contribution in [2.45, 2.75) is 13.3 Å². The molecule has 4 aromatic rings. The van der Waals surface area contributed by atoms with Crippen molar-refractivity contribution >= 4 is 33.4 Å². The summed E-state index contributed by atoms with van der Waals surface area (Å²) in [7, 11) is 0. The van der Waals surface area contributed by atoms with Gasteiger partial charge >= 0.3 is 5.97 Å². The summed E-state index contributed by atoms with van der Waals surface area (Å²) < 4.78 is 11.3. The maximum Gasteiger partial charge on any atom is 0.338 e. The summed E-state index contributed by atoms with van der Waals surface area (Å²) in [6, 6.07) is 14.4. The second-order valence-electron chi connectivity index (χ2n) is 6.48. The number of carbonyl (C=O) groups is 2. The average Bonchev–Trinajstić information content (AvgIpc) is 3.38. The van der Waals surface area contributed by atoms with Crippen LogP contribution in [0.25, 0.3) is 21.7 Å². The molecule has 2 heterocycles. The van der Waals surface area contributed by atoms with Crippen LogP contribution in [0.15, 0.2) is 53.1 Å². The Hall–Kier alpha value is -3.59. The molecule has 0 fully saturated rings. The molecule has 1 N–H and O–H groups in total. The highest BCUT2D eigenvalue weighted by atomic mass is 32.1. The number of hydrogen-bond acceptors (Lipinski definition) is 8. The number of aryl methyl sites for hydroxylation is 1. The van der Waals surface area contributed by atoms with Crippen molar-refractivity contribution in [1.29, 1.82) is 0 Å². The van der Waals surface area contributed by atoms with Crippen LogP contribution >= 0.6 is 11.3 Å². The first-order chi connectivity index (χ1) is 14.6. The zero-order chi connectivity index (χ0) is 20.9. The smallest absolute Gasteiger partial charge is 0.338 e. The van der Waals surface area contributed by atoms with Gasteiger partial charge in [0.25, 0.3) is 11.8 Å². The van der Waals surface area contributed by atoms with Crippen molar-refractivity contribution in [3.8, 4) is 11.5 Å². The summed E-state index contributed by atoms with van der Waals surface area (Å²) in [5.74, 6) is -0.0328. The Balaban J connectivity index is 1.22. The quantitative estimate of drug-likeness (QED) is 0.456. The maximum absolute atomic E-state index is 12.1. The van der Waals surface area contributed by atoms with Crippen LogP contribution in [0.1, 0.15) is 21.2 Å². The fraction of sp³-hybridized carbons (Fsp3) is 0.190. The number of ether oxygens (including phenoxy) is 1. The van der Waals surface area contributed by atoms with Crippen LogP contribution in [0.4, 0.5) is 0 Å². The molecular formula is C21H18N4O4S. The Bertz CT molecular complexity index is 1150. The maximum atomic E-state index is 12.1. The molecule has 30 heavy (non-hydrogen) atoms. The fourth-order valence-electron chi connectivity index (χ4n) is 2.76. The molecule has 4 rings (SSSR count). The highest BCUT2D eigenvalue weighted by molar-refractivity contribution is 7.18. The fourth-order valence-corrected chi connectivity index (χ4v) is 3.73. The van der Waals surface area contributed by atoms with Crippen molar-refractivity contribution < 1.29 is 18.8 Å². The molecule has 152 valence electrons. The van der Waals surface area contributed by atoms with Crippen LogP contribution in [0, 0.1) is 6.92 Å². The highest BCUT2D eigenvalue weighted by Gasteiger charge is 2.12. The van der Waals surface area contributed by atoms with E-state index in [1.807, 2.05) is 24.3 Å². The van der Waals surface area contributed by atoms with Gasteiger partial charge in [0.2, 0.25) is 0 Å². The molecule has 0 spiro atoms. The van der Waals surface area contributed by atoms with E-state index in [-0.39, 0.29) is 12.5 Å². The van der Waals surface area contributed by atoms with Crippen molar-refractivity contribution in [3.63, 3.8) is 0 Å². The number of nitrogens with zero attached hydrogens (tertiary/aromatic N) is 3. The predicted molar refractivity (Wildman–Crippen MR) is 111 cm³/mol. The van der Waals surface area contributed by atoms with E-state index in [9.17, 15) is 9.59 Å². The number of esters is 1. The third kappa shape index (κ3) is 4.69. The van der Waals surface area contributed by atoms with Gasteiger partial charge in [0, 0.05) is 18.5 Å². The van der Waals surface area contributed by atoms with E-state index in [2.05, 4.69) is 20.4 Å². The number of rotatable bonds is 7. The van der Waals surface area contributed by atoms with Crippen molar-refractivity contribution in [2.75, 3.05) is 13.2 Å². The summed E-state index contributed by atoms with van der Waals surface area (Å²) in [6.07, 6.45) is 0.621. The monoisotopic (exact) mass is 422 g/mol. The average molecular weight is 422 g/mol. The standard InChI is InChI=1S/C21H18N4O4S/c1-13-23-20(29-25-13)14-6-8-15(9-7-14)21(27)28-12-18(26)22-11-10-19-24-16-4-2-3-5-17(16)30-19/h2-9H,10-12H2,1H3,(H,22,26). The first-order valence-electron chi connectivity index (χ1n) is 9.27. The van der Waals surface area contributed by atoms with Gasteiger partial charge in [-0.3, -0.25) is 4.79 Å². The molecule has 1 amide bonds. The summed E-state index contributed by atoms with van der Waals surface area (Å²) in [5, 5.41) is 7.42. The zero-order valence-corrected chi connectivity index (χ0v) is 16.9. The van der Waals surface area contributed by atoms with E-state index < -0.39 is 5.97 Å². The number of carbonyl (C=O) groups excluding carboxylic acids is 2. The van der Waals surface area contributed by atoms with E-state index in [1.165, 1.54) is 0 Å². The Morgan fingerprint density at radius 3 is 2.63 bits per heavy atom. The third-order valence-corrected chi connectivity index (χ3v) is 5.32. The largest absolute Gasteiger partial charge is 0.452 e. The van der Waals surface area contributed by atoms with Gasteiger partial charge in [-0.2, -0.15) is 4.98 Å². The summed E-state index contributed by atoms with van der Waals surface area (Å²) in [6.45, 7) is 1.81. The molecule has 0 atom stereocenters. The van der Waals surface area contributed by atoms with Crippen LogP contribution in [-0.2, 0) is 16.0 Å². The molecule has 0 aliphatic heterocycles. The van der Waals surface area contributed by atoms with Gasteiger partial charge in [0.1, 0.15) is 0 Å². The summed E-state index contributed by atoms with van der Waals surface area (Å²) >= 11 is 1.60. The van der Waals surface area contributed by atoms with Crippen LogP contribution in [0.3, 0.4) is 0 Å². The van der Waals surface area contributed by atoms with Crippen LogP contribution in [-0.4, -0.2) is 40.2 Å². The number of thiazole rings is 1. The first kappa shape index (κ1) is 19.7. The minimum atomic E-state index is -0.579. The topological polar surface area (TPSA) is 107 Å². The first-order valence-corrected chi connectivity index (χ1v) is 10.1. The third-order valence-electron chi connectivity index (χ3n) is 4.23. The molecule has 9 heteroatoms. The molecule has 2 aromatic heterocycles. The molecule has 2 aromatic carbocycles. The van der Waals surface area contributed by atoms with Crippen LogP contribution < -0.4 is 5.32 Å². The number of hydrogen-bond donors (Lipinski definition) is 1. The van der Waals surface area contributed by atoms with E-state index in [0.29, 0.717) is 35.8 Å². The van der Waals surface area contributed by atoms with E-state index >= 15 is 0 Å². The summed E-state index contributed by atoms with van der Waals surface area (Å²) in [5.41, 5.74) is 1.98. The van der Waals surface area contributed by atoms with E-state index in [4.69, 9.17) is 9.26 Å². The lowest BCUT2D eigenvalue weighted by molar-refractivity contribution is -0.124. The molecular weight excluding hydrogens is 404 g/mol. The Kier molecular flexibility index (Phi) is 5.80. The SMILES string of the molecule is Cc1noc(-c2ccc(C(=O)OCC(=O)NCCc3nc4ccccc4s3)cc2)n1. The number of benzene rings is 2. The van der Waals surface area contributed by atoms with Crippen molar-refractivity contribution in [2.24, 2.45) is 0 Å². The van der Waals surface area contributed by atoms with Gasteiger partial charge in [-0.15, -0.1) is 11.3 Å².